The molecule has 1 aromatic heterocycles. The van der Waals surface area contributed by atoms with Crippen LogP contribution < -0.4 is 10.6 Å². The van der Waals surface area contributed by atoms with Crippen LogP contribution in [-0.2, 0) is 0 Å². The van der Waals surface area contributed by atoms with Crippen molar-refractivity contribution in [2.75, 3.05) is 18.4 Å². The molecule has 0 bridgehead atoms. The first kappa shape index (κ1) is 16.9. The van der Waals surface area contributed by atoms with Crippen molar-refractivity contribution in [3.8, 4) is 10.4 Å². The number of benzene rings is 1. The minimum atomic E-state index is -0.191. The van der Waals surface area contributed by atoms with Crippen molar-refractivity contribution in [3.63, 3.8) is 0 Å². The van der Waals surface area contributed by atoms with Crippen LogP contribution in [0, 0.1) is 0 Å². The third kappa shape index (κ3) is 4.55. The van der Waals surface area contributed by atoms with Crippen molar-refractivity contribution in [2.45, 2.75) is 38.8 Å². The van der Waals surface area contributed by atoms with Gasteiger partial charge in [-0.1, -0.05) is 41.7 Å². The van der Waals surface area contributed by atoms with Gasteiger partial charge in [-0.25, -0.2) is 9.78 Å². The van der Waals surface area contributed by atoms with Crippen molar-refractivity contribution in [1.29, 1.82) is 0 Å². The molecule has 0 saturated heterocycles. The monoisotopic (exact) mass is 344 g/mol. The van der Waals surface area contributed by atoms with Gasteiger partial charge in [-0.15, -0.1) is 0 Å². The van der Waals surface area contributed by atoms with E-state index in [0.717, 1.165) is 17.0 Å². The minimum Gasteiger partial charge on any atom is -0.337 e. The van der Waals surface area contributed by atoms with E-state index in [4.69, 9.17) is 0 Å². The van der Waals surface area contributed by atoms with E-state index in [1.54, 1.807) is 6.20 Å². The fourth-order valence-electron chi connectivity index (χ4n) is 2.78. The number of carbonyl (C=O) groups excluding carboxylic acids is 1. The van der Waals surface area contributed by atoms with Crippen molar-refractivity contribution in [1.82, 2.24) is 15.2 Å². The Morgan fingerprint density at radius 2 is 2.08 bits per heavy atom. The first-order valence-corrected chi connectivity index (χ1v) is 9.27. The van der Waals surface area contributed by atoms with E-state index in [-0.39, 0.29) is 6.03 Å². The largest absolute Gasteiger partial charge is 0.337 e. The topological polar surface area (TPSA) is 57.3 Å². The smallest absolute Gasteiger partial charge is 0.321 e. The summed E-state index contributed by atoms with van der Waals surface area (Å²) < 4.78 is 0. The molecule has 0 atom stereocenters. The number of aromatic nitrogens is 1. The Balaban J connectivity index is 1.46. The van der Waals surface area contributed by atoms with Crippen molar-refractivity contribution in [2.24, 2.45) is 0 Å². The van der Waals surface area contributed by atoms with Gasteiger partial charge in [0, 0.05) is 31.4 Å². The number of amides is 2. The molecule has 0 spiro atoms. The molecular weight excluding hydrogens is 320 g/mol. The molecule has 1 aliphatic carbocycles. The minimum absolute atomic E-state index is 0.191. The molecule has 1 heterocycles. The summed E-state index contributed by atoms with van der Waals surface area (Å²) in [6.07, 6.45) is 4.36. The molecule has 5 nitrogen and oxygen atoms in total. The molecule has 3 rings (SSSR count). The van der Waals surface area contributed by atoms with Crippen LogP contribution in [0.3, 0.4) is 0 Å². The highest BCUT2D eigenvalue weighted by molar-refractivity contribution is 7.19. The van der Waals surface area contributed by atoms with Crippen LogP contribution in [0.4, 0.5) is 9.93 Å². The second-order valence-corrected chi connectivity index (χ2v) is 7.37. The second kappa shape index (κ2) is 7.77. The number of rotatable bonds is 7. The molecule has 128 valence electrons. The van der Waals surface area contributed by atoms with Gasteiger partial charge in [0.25, 0.3) is 0 Å². The molecule has 2 amide bonds. The number of thiazole rings is 1. The average Bonchev–Trinajstić information content (AvgIpc) is 3.30. The molecule has 24 heavy (non-hydrogen) atoms. The number of carbonyl (C=O) groups is 1. The summed E-state index contributed by atoms with van der Waals surface area (Å²) in [5.74, 6) is 0. The third-order valence-corrected chi connectivity index (χ3v) is 5.08. The zero-order valence-corrected chi connectivity index (χ0v) is 15.0. The highest BCUT2D eigenvalue weighted by Crippen LogP contribution is 2.29. The predicted octanol–water partition coefficient (Wildman–Crippen LogP) is 3.80. The van der Waals surface area contributed by atoms with Gasteiger partial charge in [-0.3, -0.25) is 10.2 Å². The molecule has 1 fully saturated rings. The number of hydrogen-bond donors (Lipinski definition) is 2. The van der Waals surface area contributed by atoms with E-state index < -0.39 is 0 Å². The molecule has 1 aromatic carbocycles. The molecule has 0 aliphatic heterocycles. The lowest BCUT2D eigenvalue weighted by molar-refractivity contribution is 0.210. The van der Waals surface area contributed by atoms with Crippen LogP contribution in [-0.4, -0.2) is 41.1 Å². The SMILES string of the molecule is CC(C)N(CCNC(=O)Nc1ncc(-c2ccccc2)s1)C1CC1. The van der Waals surface area contributed by atoms with E-state index in [1.165, 1.54) is 24.2 Å². The first-order chi connectivity index (χ1) is 11.6. The van der Waals surface area contributed by atoms with Crippen molar-refractivity contribution < 1.29 is 4.79 Å². The lowest BCUT2D eigenvalue weighted by Crippen LogP contribution is -2.41. The van der Waals surface area contributed by atoms with Gasteiger partial charge in [-0.05, 0) is 32.3 Å². The quantitative estimate of drug-likeness (QED) is 0.803. The summed E-state index contributed by atoms with van der Waals surface area (Å²) in [5.41, 5.74) is 1.11. The fourth-order valence-corrected chi connectivity index (χ4v) is 3.59. The Labute approximate surface area is 147 Å². The van der Waals surface area contributed by atoms with Gasteiger partial charge in [0.15, 0.2) is 5.13 Å². The highest BCUT2D eigenvalue weighted by atomic mass is 32.1. The van der Waals surface area contributed by atoms with Gasteiger partial charge in [-0.2, -0.15) is 0 Å². The van der Waals surface area contributed by atoms with Gasteiger partial charge < -0.3 is 5.32 Å². The maximum absolute atomic E-state index is 12.0. The summed E-state index contributed by atoms with van der Waals surface area (Å²) in [6.45, 7) is 5.96. The Bertz CT molecular complexity index is 665. The summed E-state index contributed by atoms with van der Waals surface area (Å²) in [5, 5.41) is 6.36. The number of nitrogens with zero attached hydrogens (tertiary/aromatic N) is 2. The summed E-state index contributed by atoms with van der Waals surface area (Å²) in [6, 6.07) is 11.1. The maximum atomic E-state index is 12.0. The Kier molecular flexibility index (Phi) is 5.48. The number of hydrogen-bond acceptors (Lipinski definition) is 4. The van der Waals surface area contributed by atoms with Crippen LogP contribution in [0.25, 0.3) is 10.4 Å². The molecule has 1 aliphatic rings. The third-order valence-electron chi connectivity index (χ3n) is 4.12. The highest BCUT2D eigenvalue weighted by Gasteiger charge is 2.30. The zero-order valence-electron chi connectivity index (χ0n) is 14.2. The molecule has 6 heteroatoms. The van der Waals surface area contributed by atoms with Crippen LogP contribution in [0.15, 0.2) is 36.5 Å². The van der Waals surface area contributed by atoms with Gasteiger partial charge in [0.05, 0.1) is 4.88 Å². The van der Waals surface area contributed by atoms with E-state index >= 15 is 0 Å². The molecule has 2 aromatic rings. The summed E-state index contributed by atoms with van der Waals surface area (Å²) >= 11 is 1.48. The zero-order chi connectivity index (χ0) is 16.9. The molecule has 1 saturated carbocycles. The normalized spacial score (nSPS) is 14.2. The van der Waals surface area contributed by atoms with Crippen molar-refractivity contribution in [3.05, 3.63) is 36.5 Å². The van der Waals surface area contributed by atoms with Crippen LogP contribution >= 0.6 is 11.3 Å². The number of urea groups is 1. The maximum Gasteiger partial charge on any atom is 0.321 e. The Morgan fingerprint density at radius 1 is 1.33 bits per heavy atom. The summed E-state index contributed by atoms with van der Waals surface area (Å²) in [4.78, 5) is 19.8. The second-order valence-electron chi connectivity index (χ2n) is 6.34. The average molecular weight is 344 g/mol. The lowest BCUT2D eigenvalue weighted by atomic mass is 10.2. The number of nitrogens with one attached hydrogen (secondary N) is 2. The van der Waals surface area contributed by atoms with Crippen LogP contribution in [0.1, 0.15) is 26.7 Å². The Hall–Kier alpha value is -1.92. The van der Waals surface area contributed by atoms with E-state index in [2.05, 4.69) is 34.4 Å². The predicted molar refractivity (Wildman–Crippen MR) is 99.4 cm³/mol. The van der Waals surface area contributed by atoms with Gasteiger partial charge in [0.2, 0.25) is 0 Å². The number of anilines is 1. The van der Waals surface area contributed by atoms with E-state index in [9.17, 15) is 4.79 Å². The molecular formula is C18H24N4OS. The Morgan fingerprint density at radius 3 is 2.75 bits per heavy atom. The van der Waals surface area contributed by atoms with Gasteiger partial charge >= 0.3 is 6.03 Å². The standard InChI is InChI=1S/C18H24N4OS/c1-13(2)22(15-8-9-15)11-10-19-17(23)21-18-20-12-16(24-18)14-6-4-3-5-7-14/h3-7,12-13,15H,8-11H2,1-2H3,(H2,19,20,21,23). The molecule has 2 N–H and O–H groups in total. The van der Waals surface area contributed by atoms with E-state index in [0.29, 0.717) is 23.8 Å². The van der Waals surface area contributed by atoms with Crippen LogP contribution in [0.2, 0.25) is 0 Å². The first-order valence-electron chi connectivity index (χ1n) is 8.45. The molecule has 0 radical (unpaired) electrons. The molecule has 0 unspecified atom stereocenters. The van der Waals surface area contributed by atoms with Crippen LogP contribution in [0.5, 0.6) is 0 Å². The summed E-state index contributed by atoms with van der Waals surface area (Å²) in [7, 11) is 0. The fraction of sp³-hybridized carbons (Fsp3) is 0.444. The van der Waals surface area contributed by atoms with E-state index in [1.807, 2.05) is 30.3 Å². The lowest BCUT2D eigenvalue weighted by Gasteiger charge is -2.26. The van der Waals surface area contributed by atoms with Gasteiger partial charge in [0.1, 0.15) is 0 Å². The van der Waals surface area contributed by atoms with Crippen molar-refractivity contribution >= 4 is 22.5 Å².